The molecule has 0 radical (unpaired) electrons. The average Bonchev–Trinajstić information content (AvgIpc) is 2.82. The summed E-state index contributed by atoms with van der Waals surface area (Å²) in [6.07, 6.45) is 1.76. The van der Waals surface area contributed by atoms with E-state index in [9.17, 15) is 0 Å². The van der Waals surface area contributed by atoms with Crippen molar-refractivity contribution in [2.75, 3.05) is 17.7 Å². The van der Waals surface area contributed by atoms with E-state index in [-0.39, 0.29) is 0 Å². The Morgan fingerprint density at radius 1 is 0.944 bits per heavy atom. The summed E-state index contributed by atoms with van der Waals surface area (Å²) in [4.78, 5) is 2.04. The maximum atomic E-state index is 6.00. The van der Waals surface area contributed by atoms with Crippen LogP contribution in [-0.4, -0.2) is 7.05 Å². The molecule has 0 aliphatic rings. The second kappa shape index (κ2) is 4.11. The molecule has 2 aromatic carbocycles. The molecule has 0 fully saturated rings. The lowest BCUT2D eigenvalue weighted by atomic mass is 10.2. The first-order chi connectivity index (χ1) is 8.77. The van der Waals surface area contributed by atoms with Gasteiger partial charge in [-0.15, -0.1) is 0 Å². The number of para-hydroxylation sites is 3. The standard InChI is InChI=1S/C15H14N2O/c1-17(13-8-4-3-7-12(13)16)14-10-18-15-9-5-2-6-11(14)15/h2-10H,16H2,1H3. The van der Waals surface area contributed by atoms with E-state index < -0.39 is 0 Å². The maximum Gasteiger partial charge on any atom is 0.136 e. The van der Waals surface area contributed by atoms with Gasteiger partial charge in [-0.3, -0.25) is 0 Å². The lowest BCUT2D eigenvalue weighted by molar-refractivity contribution is 0.616. The Morgan fingerprint density at radius 3 is 2.50 bits per heavy atom. The SMILES string of the molecule is CN(c1ccccc1N)c1coc2ccccc12. The summed E-state index contributed by atoms with van der Waals surface area (Å²) in [7, 11) is 1.99. The van der Waals surface area contributed by atoms with E-state index in [2.05, 4.69) is 0 Å². The number of furan rings is 1. The zero-order valence-electron chi connectivity index (χ0n) is 10.1. The monoisotopic (exact) mass is 238 g/mol. The molecule has 3 heteroatoms. The molecule has 3 nitrogen and oxygen atoms in total. The number of nitrogens with two attached hydrogens (primary N) is 1. The highest BCUT2D eigenvalue weighted by Gasteiger charge is 2.12. The van der Waals surface area contributed by atoms with Gasteiger partial charge in [-0.2, -0.15) is 0 Å². The predicted octanol–water partition coefficient (Wildman–Crippen LogP) is 3.78. The van der Waals surface area contributed by atoms with Crippen molar-refractivity contribution in [3.63, 3.8) is 0 Å². The molecule has 0 spiro atoms. The highest BCUT2D eigenvalue weighted by molar-refractivity contribution is 5.94. The number of hydrogen-bond donors (Lipinski definition) is 1. The summed E-state index contributed by atoms with van der Waals surface area (Å²) in [6, 6.07) is 15.8. The summed E-state index contributed by atoms with van der Waals surface area (Å²) in [6.45, 7) is 0. The van der Waals surface area contributed by atoms with Crippen LogP contribution in [0.1, 0.15) is 0 Å². The molecular weight excluding hydrogens is 224 g/mol. The third-order valence-electron chi connectivity index (χ3n) is 3.12. The summed E-state index contributed by atoms with van der Waals surface area (Å²) in [5.41, 5.74) is 9.63. The predicted molar refractivity (Wildman–Crippen MR) is 75.1 cm³/mol. The van der Waals surface area contributed by atoms with Crippen LogP contribution in [0.2, 0.25) is 0 Å². The largest absolute Gasteiger partial charge is 0.462 e. The molecule has 18 heavy (non-hydrogen) atoms. The lowest BCUT2D eigenvalue weighted by Crippen LogP contribution is -2.10. The van der Waals surface area contributed by atoms with Gasteiger partial charge >= 0.3 is 0 Å². The van der Waals surface area contributed by atoms with Gasteiger partial charge in [0.15, 0.2) is 0 Å². The van der Waals surface area contributed by atoms with Crippen LogP contribution in [0.4, 0.5) is 17.1 Å². The molecule has 0 saturated heterocycles. The Morgan fingerprint density at radius 2 is 1.67 bits per heavy atom. The fraction of sp³-hybridized carbons (Fsp3) is 0.0667. The number of rotatable bonds is 2. The third-order valence-corrected chi connectivity index (χ3v) is 3.12. The highest BCUT2D eigenvalue weighted by Crippen LogP contribution is 2.34. The van der Waals surface area contributed by atoms with Crippen molar-refractivity contribution in [2.45, 2.75) is 0 Å². The maximum absolute atomic E-state index is 6.00. The van der Waals surface area contributed by atoms with Gasteiger partial charge in [-0.25, -0.2) is 0 Å². The Kier molecular flexibility index (Phi) is 2.45. The average molecular weight is 238 g/mol. The van der Waals surface area contributed by atoms with Gasteiger partial charge in [-0.05, 0) is 24.3 Å². The molecule has 3 rings (SSSR count). The van der Waals surface area contributed by atoms with Gasteiger partial charge in [-0.1, -0.05) is 24.3 Å². The van der Waals surface area contributed by atoms with Gasteiger partial charge in [0.05, 0.1) is 17.1 Å². The molecule has 3 aromatic rings. The zero-order chi connectivity index (χ0) is 12.5. The van der Waals surface area contributed by atoms with Gasteiger partial charge < -0.3 is 15.1 Å². The molecule has 0 aliphatic carbocycles. The van der Waals surface area contributed by atoms with E-state index in [1.807, 2.05) is 60.5 Å². The fourth-order valence-electron chi connectivity index (χ4n) is 2.15. The number of fused-ring (bicyclic) bond motifs is 1. The number of hydrogen-bond acceptors (Lipinski definition) is 3. The summed E-state index contributed by atoms with van der Waals surface area (Å²) < 4.78 is 5.55. The van der Waals surface area contributed by atoms with Crippen molar-refractivity contribution in [2.24, 2.45) is 0 Å². The van der Waals surface area contributed by atoms with E-state index >= 15 is 0 Å². The molecule has 90 valence electrons. The summed E-state index contributed by atoms with van der Waals surface area (Å²) in [5, 5.41) is 1.09. The quantitative estimate of drug-likeness (QED) is 0.691. The van der Waals surface area contributed by atoms with E-state index in [1.54, 1.807) is 6.26 Å². The van der Waals surface area contributed by atoms with Gasteiger partial charge in [0.25, 0.3) is 0 Å². The number of nitrogens with zero attached hydrogens (tertiary/aromatic N) is 1. The van der Waals surface area contributed by atoms with Crippen molar-refractivity contribution < 1.29 is 4.42 Å². The second-order valence-corrected chi connectivity index (χ2v) is 4.23. The van der Waals surface area contributed by atoms with Crippen molar-refractivity contribution in [3.05, 3.63) is 54.8 Å². The van der Waals surface area contributed by atoms with Crippen molar-refractivity contribution >= 4 is 28.0 Å². The molecule has 1 aromatic heterocycles. The van der Waals surface area contributed by atoms with E-state index in [4.69, 9.17) is 10.2 Å². The van der Waals surface area contributed by atoms with Crippen LogP contribution in [0.5, 0.6) is 0 Å². The summed E-state index contributed by atoms with van der Waals surface area (Å²) >= 11 is 0. The first-order valence-corrected chi connectivity index (χ1v) is 5.82. The molecule has 0 amide bonds. The minimum absolute atomic E-state index is 0.755. The molecule has 0 saturated carbocycles. The van der Waals surface area contributed by atoms with Crippen LogP contribution in [-0.2, 0) is 0 Å². The second-order valence-electron chi connectivity index (χ2n) is 4.23. The van der Waals surface area contributed by atoms with Gasteiger partial charge in [0.2, 0.25) is 0 Å². The summed E-state index contributed by atoms with van der Waals surface area (Å²) in [5.74, 6) is 0. The van der Waals surface area contributed by atoms with Crippen molar-refractivity contribution in [1.29, 1.82) is 0 Å². The third kappa shape index (κ3) is 1.61. The Labute approximate surface area is 105 Å². The number of anilines is 3. The minimum Gasteiger partial charge on any atom is -0.462 e. The minimum atomic E-state index is 0.755. The number of benzene rings is 2. The van der Waals surface area contributed by atoms with Crippen LogP contribution >= 0.6 is 0 Å². The molecular formula is C15H14N2O. The smallest absolute Gasteiger partial charge is 0.136 e. The van der Waals surface area contributed by atoms with E-state index in [0.717, 1.165) is 28.0 Å². The van der Waals surface area contributed by atoms with Gasteiger partial charge in [0, 0.05) is 12.4 Å². The first-order valence-electron chi connectivity index (χ1n) is 5.82. The molecule has 0 unspecified atom stereocenters. The van der Waals surface area contributed by atoms with Crippen LogP contribution < -0.4 is 10.6 Å². The Bertz CT molecular complexity index is 688. The molecule has 0 atom stereocenters. The van der Waals surface area contributed by atoms with Crippen LogP contribution in [0.3, 0.4) is 0 Å². The lowest BCUT2D eigenvalue weighted by Gasteiger charge is -2.19. The van der Waals surface area contributed by atoms with Crippen molar-refractivity contribution in [3.8, 4) is 0 Å². The first kappa shape index (κ1) is 10.7. The van der Waals surface area contributed by atoms with Crippen LogP contribution in [0, 0.1) is 0 Å². The van der Waals surface area contributed by atoms with Crippen LogP contribution in [0.25, 0.3) is 11.0 Å². The van der Waals surface area contributed by atoms with Crippen molar-refractivity contribution in [1.82, 2.24) is 0 Å². The number of nitrogen functional groups attached to an aromatic ring is 1. The van der Waals surface area contributed by atoms with E-state index in [1.165, 1.54) is 0 Å². The highest BCUT2D eigenvalue weighted by atomic mass is 16.3. The Hall–Kier alpha value is -2.42. The van der Waals surface area contributed by atoms with E-state index in [0.29, 0.717) is 0 Å². The topological polar surface area (TPSA) is 42.4 Å². The molecule has 1 heterocycles. The molecule has 0 bridgehead atoms. The van der Waals surface area contributed by atoms with Gasteiger partial charge in [0.1, 0.15) is 11.8 Å². The Balaban J connectivity index is 2.13. The zero-order valence-corrected chi connectivity index (χ0v) is 10.1. The normalized spacial score (nSPS) is 10.7. The molecule has 2 N–H and O–H groups in total. The fourth-order valence-corrected chi connectivity index (χ4v) is 2.15. The molecule has 0 aliphatic heterocycles. The van der Waals surface area contributed by atoms with Crippen LogP contribution in [0.15, 0.2) is 59.2 Å².